The molecule has 0 spiro atoms. The van der Waals surface area contributed by atoms with Crippen molar-refractivity contribution in [3.05, 3.63) is 74.8 Å². The Hall–Kier alpha value is -2.18. The average molecular weight is 430 g/mol. The summed E-state index contributed by atoms with van der Waals surface area (Å²) in [6.07, 6.45) is 3.98. The van der Waals surface area contributed by atoms with Crippen LogP contribution in [0.5, 0.6) is 0 Å². The fraction of sp³-hybridized carbons (Fsp3) is 0.364. The minimum atomic E-state index is -0.998. The van der Waals surface area contributed by atoms with E-state index in [4.69, 9.17) is 23.8 Å². The Balaban J connectivity index is 1.34. The van der Waals surface area contributed by atoms with Crippen molar-refractivity contribution in [2.24, 2.45) is 5.41 Å². The molecule has 4 nitrogen and oxygen atoms in total. The van der Waals surface area contributed by atoms with E-state index < -0.39 is 6.17 Å². The third kappa shape index (κ3) is 3.19. The van der Waals surface area contributed by atoms with Gasteiger partial charge in [-0.3, -0.25) is 4.79 Å². The number of benzene rings is 1. The first-order chi connectivity index (χ1) is 14.0. The number of aromatic amines is 1. The summed E-state index contributed by atoms with van der Waals surface area (Å²) in [6, 6.07) is 9.81. The molecule has 150 valence electrons. The highest BCUT2D eigenvalue weighted by molar-refractivity contribution is 7.71. The van der Waals surface area contributed by atoms with Crippen LogP contribution in [0.2, 0.25) is 0 Å². The number of nitrogens with zero attached hydrogens (tertiary/aromatic N) is 1. The van der Waals surface area contributed by atoms with Gasteiger partial charge < -0.3 is 14.9 Å². The van der Waals surface area contributed by atoms with Gasteiger partial charge in [0, 0.05) is 47.3 Å². The number of nitrogens with one attached hydrogen (secondary N) is 2. The number of carbonyl (C=O) groups excluding carboxylic acids is 1. The lowest BCUT2D eigenvalue weighted by Gasteiger charge is -2.23. The number of H-pyrrole nitrogens is 1. The van der Waals surface area contributed by atoms with Gasteiger partial charge in [-0.15, -0.1) is 0 Å². The number of amides is 1. The van der Waals surface area contributed by atoms with E-state index >= 15 is 0 Å². The lowest BCUT2D eigenvalue weighted by atomic mass is 9.86. The van der Waals surface area contributed by atoms with Crippen molar-refractivity contribution < 1.29 is 9.18 Å². The summed E-state index contributed by atoms with van der Waals surface area (Å²) in [6.45, 7) is 1.15. The third-order valence-corrected chi connectivity index (χ3v) is 6.93. The number of carbonyl (C=O) groups is 1. The second-order valence-electron chi connectivity index (χ2n) is 8.12. The van der Waals surface area contributed by atoms with Crippen LogP contribution in [0, 0.1) is 10.2 Å². The van der Waals surface area contributed by atoms with Crippen LogP contribution in [0.3, 0.4) is 0 Å². The molecule has 3 aliphatic rings. The number of rotatable bonds is 5. The molecule has 1 fully saturated rings. The van der Waals surface area contributed by atoms with Gasteiger partial charge in [-0.25, -0.2) is 4.39 Å². The summed E-state index contributed by atoms with van der Waals surface area (Å²) in [5, 5.41) is 3.57. The summed E-state index contributed by atoms with van der Waals surface area (Å²) in [7, 11) is 0. The van der Waals surface area contributed by atoms with E-state index in [1.54, 1.807) is 12.2 Å². The van der Waals surface area contributed by atoms with Crippen molar-refractivity contribution in [1.82, 2.24) is 14.9 Å². The van der Waals surface area contributed by atoms with Gasteiger partial charge in [0.2, 0.25) is 5.91 Å². The maximum absolute atomic E-state index is 14.7. The number of halogens is 2. The van der Waals surface area contributed by atoms with Crippen molar-refractivity contribution in [3.8, 4) is 0 Å². The molecule has 29 heavy (non-hydrogen) atoms. The smallest absolute Gasteiger partial charge is 0.226 e. The minimum Gasteiger partial charge on any atom is -0.352 e. The molecule has 1 aromatic carbocycles. The quantitative estimate of drug-likeness (QED) is 0.678. The highest BCUT2D eigenvalue weighted by atomic mass is 35.5. The van der Waals surface area contributed by atoms with E-state index in [0.717, 1.165) is 28.9 Å². The van der Waals surface area contributed by atoms with E-state index in [1.165, 1.54) is 0 Å². The van der Waals surface area contributed by atoms with Crippen LogP contribution >= 0.6 is 23.8 Å². The molecule has 7 heteroatoms. The van der Waals surface area contributed by atoms with Gasteiger partial charge in [0.15, 0.2) is 4.77 Å². The Labute approximate surface area is 178 Å². The van der Waals surface area contributed by atoms with Crippen molar-refractivity contribution in [2.45, 2.75) is 44.4 Å². The molecular weight excluding hydrogens is 409 g/mol. The van der Waals surface area contributed by atoms with E-state index in [1.807, 2.05) is 34.9 Å². The first kappa shape index (κ1) is 18.8. The van der Waals surface area contributed by atoms with Crippen molar-refractivity contribution in [2.75, 3.05) is 0 Å². The highest BCUT2D eigenvalue weighted by Crippen LogP contribution is 2.70. The van der Waals surface area contributed by atoms with E-state index in [9.17, 15) is 9.18 Å². The summed E-state index contributed by atoms with van der Waals surface area (Å²) in [5.41, 5.74) is 3.51. The minimum absolute atomic E-state index is 0.0575. The Morgan fingerprint density at radius 1 is 1.38 bits per heavy atom. The van der Waals surface area contributed by atoms with Gasteiger partial charge in [0.25, 0.3) is 0 Å². The number of allylic oxidation sites excluding steroid dienone is 4. The summed E-state index contributed by atoms with van der Waals surface area (Å²) < 4.78 is 17.3. The highest BCUT2D eigenvalue weighted by Gasteiger charge is 2.64. The molecule has 2 unspecified atom stereocenters. The van der Waals surface area contributed by atoms with Gasteiger partial charge in [-0.2, -0.15) is 0 Å². The lowest BCUT2D eigenvalue weighted by molar-refractivity contribution is -0.120. The molecule has 2 N–H and O–H groups in total. The molecule has 1 saturated carbocycles. The molecular formula is C22H21ClFN3OS. The molecule has 0 saturated heterocycles. The maximum Gasteiger partial charge on any atom is 0.226 e. The van der Waals surface area contributed by atoms with E-state index in [0.29, 0.717) is 29.3 Å². The molecule has 2 aromatic rings. The van der Waals surface area contributed by atoms with Crippen LogP contribution in [0.1, 0.15) is 35.7 Å². The van der Waals surface area contributed by atoms with Crippen LogP contribution in [0.4, 0.5) is 4.39 Å². The number of fused-ring (bicyclic) bond motifs is 3. The lowest BCUT2D eigenvalue weighted by Crippen LogP contribution is -2.25. The predicted octanol–water partition coefficient (Wildman–Crippen LogP) is 4.68. The number of hydrogen-bond acceptors (Lipinski definition) is 2. The van der Waals surface area contributed by atoms with Gasteiger partial charge in [0.1, 0.15) is 6.17 Å². The Morgan fingerprint density at radius 3 is 2.97 bits per heavy atom. The van der Waals surface area contributed by atoms with Crippen LogP contribution in [-0.2, 0) is 24.3 Å². The second-order valence-corrected chi connectivity index (χ2v) is 8.95. The van der Waals surface area contributed by atoms with E-state index in [2.05, 4.69) is 10.3 Å². The molecule has 3 atom stereocenters. The normalized spacial score (nSPS) is 27.0. The standard InChI is InChI=1S/C22H21ClFN3OS/c23-14-6-7-17(24)15(8-14)22-10-16(22)20-18(26-21(29)27(20)12-22)9-19(28)25-11-13-4-2-1-3-5-13/h1-6,8,16-17H,7,9-12H2,(H,25,28)(H,26,29)/t16?,17?,22-/m1/s1. The zero-order chi connectivity index (χ0) is 20.2. The van der Waals surface area contributed by atoms with Gasteiger partial charge >= 0.3 is 0 Å². The average Bonchev–Trinajstić information content (AvgIpc) is 3.21. The monoisotopic (exact) mass is 429 g/mol. The first-order valence-electron chi connectivity index (χ1n) is 9.82. The number of aromatic nitrogens is 2. The number of imidazole rings is 1. The van der Waals surface area contributed by atoms with Crippen molar-refractivity contribution in [1.29, 1.82) is 0 Å². The molecule has 5 rings (SSSR count). The Kier molecular flexibility index (Phi) is 4.51. The first-order valence-corrected chi connectivity index (χ1v) is 10.6. The molecule has 2 heterocycles. The predicted molar refractivity (Wildman–Crippen MR) is 113 cm³/mol. The van der Waals surface area contributed by atoms with Gasteiger partial charge in [-0.05, 0) is 35.9 Å². The van der Waals surface area contributed by atoms with E-state index in [-0.39, 0.29) is 23.7 Å². The fourth-order valence-corrected chi connectivity index (χ4v) is 5.36. The molecule has 1 aliphatic heterocycles. The van der Waals surface area contributed by atoms with Crippen LogP contribution in [-0.4, -0.2) is 21.6 Å². The second kappa shape index (κ2) is 6.96. The SMILES string of the molecule is O=C(Cc1[nH]c(=S)n2c1C1C[C@]1(C1=CC(Cl)=CCC1F)C2)NCc1ccccc1. The zero-order valence-electron chi connectivity index (χ0n) is 15.8. The van der Waals surface area contributed by atoms with Gasteiger partial charge in [-0.1, -0.05) is 48.0 Å². The molecule has 0 bridgehead atoms. The van der Waals surface area contributed by atoms with Crippen LogP contribution < -0.4 is 5.32 Å². The van der Waals surface area contributed by atoms with Gasteiger partial charge in [0.05, 0.1) is 6.42 Å². The number of alkyl halides is 1. The molecule has 2 aliphatic carbocycles. The summed E-state index contributed by atoms with van der Waals surface area (Å²) >= 11 is 11.7. The Morgan fingerprint density at radius 2 is 2.17 bits per heavy atom. The zero-order valence-corrected chi connectivity index (χ0v) is 17.3. The van der Waals surface area contributed by atoms with Crippen molar-refractivity contribution >= 4 is 29.7 Å². The third-order valence-electron chi connectivity index (χ3n) is 6.34. The van der Waals surface area contributed by atoms with Crippen molar-refractivity contribution in [3.63, 3.8) is 0 Å². The topological polar surface area (TPSA) is 49.8 Å². The summed E-state index contributed by atoms with van der Waals surface area (Å²) in [4.78, 5) is 15.7. The summed E-state index contributed by atoms with van der Waals surface area (Å²) in [5.74, 6) is 0.136. The molecule has 1 amide bonds. The maximum atomic E-state index is 14.7. The van der Waals surface area contributed by atoms with Crippen LogP contribution in [0.15, 0.2) is 53.1 Å². The fourth-order valence-electron chi connectivity index (χ4n) is 4.87. The van der Waals surface area contributed by atoms with Crippen LogP contribution in [0.25, 0.3) is 0 Å². The Bertz CT molecular complexity index is 1100. The molecule has 0 radical (unpaired) electrons. The largest absolute Gasteiger partial charge is 0.352 e. The number of hydrogen-bond donors (Lipinski definition) is 2. The molecule has 1 aromatic heterocycles.